The number of rotatable bonds is 1. The average molecular weight is 496 g/mol. The molecule has 3 aromatic heterocycles. The van der Waals surface area contributed by atoms with E-state index in [2.05, 4.69) is 111 Å². The largest absolute Gasteiger partial charge is 0.307 e. The fourth-order valence-corrected chi connectivity index (χ4v) is 7.88. The van der Waals surface area contributed by atoms with Crippen LogP contribution in [0.15, 0.2) is 66.9 Å². The first-order valence-electron chi connectivity index (χ1n) is 14.3. The molecule has 4 aromatic carbocycles. The summed E-state index contributed by atoms with van der Waals surface area (Å²) >= 11 is 0. The molecule has 1 aliphatic rings. The van der Waals surface area contributed by atoms with Crippen LogP contribution in [0.25, 0.3) is 59.8 Å². The van der Waals surface area contributed by atoms with Crippen LogP contribution >= 0.6 is 0 Å². The van der Waals surface area contributed by atoms with Gasteiger partial charge in [-0.15, -0.1) is 0 Å². The third-order valence-electron chi connectivity index (χ3n) is 9.54. The van der Waals surface area contributed by atoms with Crippen molar-refractivity contribution in [3.8, 4) is 0 Å². The Morgan fingerprint density at radius 2 is 1.55 bits per heavy atom. The lowest BCUT2D eigenvalue weighted by Crippen LogP contribution is -2.29. The monoisotopic (exact) mass is 495 g/mol. The second-order valence-corrected chi connectivity index (χ2v) is 12.8. The predicted molar refractivity (Wildman–Crippen MR) is 162 cm³/mol. The highest BCUT2D eigenvalue weighted by atomic mass is 15.0. The zero-order valence-corrected chi connectivity index (χ0v) is 23.2. The quantitative estimate of drug-likeness (QED) is 0.122. The molecule has 7 aromatic rings. The zero-order valence-electron chi connectivity index (χ0n) is 23.2. The van der Waals surface area contributed by atoms with Crippen LogP contribution in [0.1, 0.15) is 69.1 Å². The maximum Gasteiger partial charge on any atom is 0.224 e. The molecule has 0 N–H and O–H groups in total. The summed E-state index contributed by atoms with van der Waals surface area (Å²) in [6.07, 6.45) is 7.63. The maximum absolute atomic E-state index is 2.65. The lowest BCUT2D eigenvalue weighted by molar-refractivity contribution is -0.643. The molecule has 0 unspecified atom stereocenters. The first kappa shape index (κ1) is 22.3. The number of hydrogen-bond acceptors (Lipinski definition) is 0. The summed E-state index contributed by atoms with van der Waals surface area (Å²) in [5.41, 5.74) is 9.76. The van der Waals surface area contributed by atoms with Crippen molar-refractivity contribution in [1.29, 1.82) is 0 Å². The van der Waals surface area contributed by atoms with E-state index >= 15 is 0 Å². The van der Waals surface area contributed by atoms with E-state index in [0.29, 0.717) is 5.92 Å². The van der Waals surface area contributed by atoms with Crippen molar-refractivity contribution >= 4 is 59.8 Å². The lowest BCUT2D eigenvalue weighted by atomic mass is 9.80. The van der Waals surface area contributed by atoms with E-state index in [-0.39, 0.29) is 5.41 Å². The molecular formula is C36H35N2+. The number of aryl methyl sites for hydroxylation is 2. The van der Waals surface area contributed by atoms with Gasteiger partial charge in [0.2, 0.25) is 5.52 Å². The van der Waals surface area contributed by atoms with E-state index < -0.39 is 0 Å². The Hall–Kier alpha value is -3.65. The van der Waals surface area contributed by atoms with Gasteiger partial charge in [0.15, 0.2) is 6.20 Å². The van der Waals surface area contributed by atoms with Crippen LogP contribution < -0.4 is 4.57 Å². The molecule has 0 atom stereocenters. The molecule has 3 heterocycles. The molecule has 0 spiro atoms. The van der Waals surface area contributed by atoms with Gasteiger partial charge in [-0.25, -0.2) is 4.57 Å². The second-order valence-electron chi connectivity index (χ2n) is 12.8. The number of fused-ring (bicyclic) bond motifs is 7. The Balaban J connectivity index is 1.73. The summed E-state index contributed by atoms with van der Waals surface area (Å²) in [5.74, 6) is 0.709. The fourth-order valence-electron chi connectivity index (χ4n) is 7.88. The molecule has 1 fully saturated rings. The van der Waals surface area contributed by atoms with Crippen LogP contribution in [-0.4, -0.2) is 4.40 Å². The fraction of sp³-hybridized carbons (Fsp3) is 0.306. The van der Waals surface area contributed by atoms with Crippen molar-refractivity contribution in [2.75, 3.05) is 0 Å². The Kier molecular flexibility index (Phi) is 4.39. The lowest BCUT2D eigenvalue weighted by Gasteiger charge is -2.26. The van der Waals surface area contributed by atoms with Crippen LogP contribution in [0.5, 0.6) is 0 Å². The Bertz CT molecular complexity index is 2080. The first-order valence-corrected chi connectivity index (χ1v) is 14.3. The van der Waals surface area contributed by atoms with Gasteiger partial charge in [0.1, 0.15) is 7.05 Å². The number of aromatic nitrogens is 2. The molecular weight excluding hydrogens is 460 g/mol. The van der Waals surface area contributed by atoms with E-state index in [9.17, 15) is 0 Å². The van der Waals surface area contributed by atoms with E-state index in [1.165, 1.54) is 102 Å². The van der Waals surface area contributed by atoms with Gasteiger partial charge in [-0.1, -0.05) is 76.1 Å². The van der Waals surface area contributed by atoms with Crippen molar-refractivity contribution in [2.24, 2.45) is 7.05 Å². The molecule has 0 amide bonds. The van der Waals surface area contributed by atoms with Gasteiger partial charge in [-0.3, -0.25) is 0 Å². The molecule has 2 nitrogen and oxygen atoms in total. The standard InChI is InChI=1S/C36H35N2/c1-21-25-12-8-9-13-26(25)32(36(2,3)4)35-30(21)34-31-23(18-19-37(34)5)14-16-27-28-20-24(22-10-6-7-11-22)15-17-29(28)38(35)33(27)31/h8-9,12-20,22H,6-7,10-11H2,1-5H3/q+1. The maximum atomic E-state index is 2.65. The van der Waals surface area contributed by atoms with E-state index in [1.54, 1.807) is 0 Å². The summed E-state index contributed by atoms with van der Waals surface area (Å²) in [7, 11) is 2.22. The highest BCUT2D eigenvalue weighted by Crippen LogP contribution is 2.47. The molecule has 188 valence electrons. The second kappa shape index (κ2) is 7.47. The molecule has 1 saturated carbocycles. The molecule has 0 aliphatic heterocycles. The average Bonchev–Trinajstić information content (AvgIpc) is 3.55. The van der Waals surface area contributed by atoms with Crippen molar-refractivity contribution in [2.45, 2.75) is 64.7 Å². The van der Waals surface area contributed by atoms with Crippen LogP contribution in [0.2, 0.25) is 0 Å². The number of hydrogen-bond donors (Lipinski definition) is 0. The van der Waals surface area contributed by atoms with Gasteiger partial charge in [-0.2, -0.15) is 0 Å². The third-order valence-corrected chi connectivity index (χ3v) is 9.54. The molecule has 2 heteroatoms. The summed E-state index contributed by atoms with van der Waals surface area (Å²) in [5, 5.41) is 9.63. The first-order chi connectivity index (χ1) is 18.3. The highest BCUT2D eigenvalue weighted by molar-refractivity contribution is 6.29. The Morgan fingerprint density at radius 3 is 2.32 bits per heavy atom. The molecule has 0 bridgehead atoms. The highest BCUT2D eigenvalue weighted by Gasteiger charge is 2.30. The smallest absolute Gasteiger partial charge is 0.224 e. The van der Waals surface area contributed by atoms with E-state index in [4.69, 9.17) is 0 Å². The van der Waals surface area contributed by atoms with Gasteiger partial charge >= 0.3 is 0 Å². The minimum atomic E-state index is -0.0250. The van der Waals surface area contributed by atoms with Gasteiger partial charge in [0.05, 0.1) is 27.3 Å². The molecule has 8 rings (SSSR count). The van der Waals surface area contributed by atoms with Crippen molar-refractivity contribution in [3.63, 3.8) is 0 Å². The normalized spacial score (nSPS) is 15.5. The van der Waals surface area contributed by atoms with Crippen molar-refractivity contribution < 1.29 is 4.57 Å². The molecule has 38 heavy (non-hydrogen) atoms. The van der Waals surface area contributed by atoms with E-state index in [0.717, 1.165) is 0 Å². The van der Waals surface area contributed by atoms with Crippen LogP contribution in [-0.2, 0) is 12.5 Å². The summed E-state index contributed by atoms with van der Waals surface area (Å²) < 4.78 is 5.01. The minimum Gasteiger partial charge on any atom is -0.307 e. The van der Waals surface area contributed by atoms with Crippen molar-refractivity contribution in [3.05, 3.63) is 83.6 Å². The van der Waals surface area contributed by atoms with Crippen LogP contribution in [0, 0.1) is 6.92 Å². The van der Waals surface area contributed by atoms with Gasteiger partial charge in [0, 0.05) is 16.8 Å². The number of benzene rings is 4. The zero-order chi connectivity index (χ0) is 25.9. The topological polar surface area (TPSA) is 8.29 Å². The minimum absolute atomic E-state index is 0.0250. The summed E-state index contributed by atoms with van der Waals surface area (Å²) in [4.78, 5) is 0. The van der Waals surface area contributed by atoms with Gasteiger partial charge < -0.3 is 4.40 Å². The van der Waals surface area contributed by atoms with Crippen LogP contribution in [0.3, 0.4) is 0 Å². The van der Waals surface area contributed by atoms with Gasteiger partial charge in [0.25, 0.3) is 0 Å². The summed E-state index contributed by atoms with van der Waals surface area (Å²) in [6, 6.07) is 23.5. The number of pyridine rings is 2. The molecule has 0 radical (unpaired) electrons. The van der Waals surface area contributed by atoms with Crippen molar-refractivity contribution in [1.82, 2.24) is 4.40 Å². The molecule has 1 aliphatic carbocycles. The SMILES string of the molecule is Cc1c2ccccc2c(C(C)(C)C)c2c1c1c3c(ccc4c5cc(C6CCCC6)ccc5n2c43)cc[n+]1C. The number of nitrogens with zero attached hydrogens (tertiary/aromatic N) is 2. The van der Waals surface area contributed by atoms with Crippen LogP contribution in [0.4, 0.5) is 0 Å². The Morgan fingerprint density at radius 1 is 0.789 bits per heavy atom. The third kappa shape index (κ3) is 2.76. The Labute approximate surface area is 223 Å². The predicted octanol–water partition coefficient (Wildman–Crippen LogP) is 9.23. The molecule has 0 saturated heterocycles. The van der Waals surface area contributed by atoms with Gasteiger partial charge in [-0.05, 0) is 76.1 Å². The van der Waals surface area contributed by atoms with E-state index in [1.807, 2.05) is 0 Å². The summed E-state index contributed by atoms with van der Waals surface area (Å²) in [6.45, 7) is 9.48.